The Bertz CT molecular complexity index is 514. The lowest BCUT2D eigenvalue weighted by molar-refractivity contribution is 0.316. The fourth-order valence-electron chi connectivity index (χ4n) is 1.72. The molecule has 0 amide bonds. The summed E-state index contributed by atoms with van der Waals surface area (Å²) in [4.78, 5) is 0. The zero-order chi connectivity index (χ0) is 13.3. The smallest absolute Gasteiger partial charge is 0.215 e. The zero-order valence-corrected chi connectivity index (χ0v) is 9.06. The number of rotatable bonds is 2. The van der Waals surface area contributed by atoms with Crippen LogP contribution in [-0.4, -0.2) is 12.8 Å². The Hall–Kier alpha value is -1.59. The minimum atomic E-state index is -2.32. The molecule has 1 atom stereocenters. The van der Waals surface area contributed by atoms with Gasteiger partial charge in [-0.2, -0.15) is 0 Å². The fraction of sp³-hybridized carbons (Fsp3) is 0.167. The van der Waals surface area contributed by atoms with Crippen molar-refractivity contribution in [2.45, 2.75) is 12.0 Å². The van der Waals surface area contributed by atoms with E-state index in [0.717, 1.165) is 18.2 Å². The number of allylic oxidation sites excluding steroid dienone is 4. The maximum absolute atomic E-state index is 14.1. The van der Waals surface area contributed by atoms with Crippen LogP contribution in [0, 0.1) is 17.5 Å². The van der Waals surface area contributed by atoms with Crippen molar-refractivity contribution in [2.75, 3.05) is 0 Å². The molecule has 93 valence electrons. The molecule has 0 aliphatic heterocycles. The molecule has 0 saturated heterocycles. The molecule has 0 nitrogen and oxygen atoms in total. The van der Waals surface area contributed by atoms with Gasteiger partial charge in [-0.1, -0.05) is 12.2 Å². The van der Waals surface area contributed by atoms with Crippen LogP contribution in [0.3, 0.4) is 0 Å². The summed E-state index contributed by atoms with van der Waals surface area (Å²) in [5.74, 6) is -4.29. The second-order valence-electron chi connectivity index (χ2n) is 4.00. The van der Waals surface area contributed by atoms with Crippen molar-refractivity contribution in [3.8, 4) is 0 Å². The topological polar surface area (TPSA) is 0 Å². The van der Waals surface area contributed by atoms with E-state index in [2.05, 4.69) is 0 Å². The lowest BCUT2D eigenvalue weighted by Crippen LogP contribution is -2.41. The minimum Gasteiger partial charge on any atom is -0.249 e. The second-order valence-corrected chi connectivity index (χ2v) is 4.00. The second kappa shape index (κ2) is 4.59. The van der Waals surface area contributed by atoms with Crippen molar-refractivity contribution < 1.29 is 22.0 Å². The van der Waals surface area contributed by atoms with Gasteiger partial charge in [0.25, 0.3) is 0 Å². The normalized spacial score (nSPS) is 22.8. The molecule has 1 aliphatic carbocycles. The number of halogens is 5. The Balaban J connectivity index is 2.30. The number of hydrogen-bond donors (Lipinski definition) is 0. The van der Waals surface area contributed by atoms with E-state index < -0.39 is 40.7 Å². The number of hydrogen-bond acceptors (Lipinski definition) is 0. The maximum Gasteiger partial charge on any atom is 0.215 e. The van der Waals surface area contributed by atoms with Gasteiger partial charge in [0.15, 0.2) is 0 Å². The van der Waals surface area contributed by atoms with E-state index in [1.165, 1.54) is 0 Å². The summed E-state index contributed by atoms with van der Waals surface area (Å²) < 4.78 is 66.4. The molecule has 0 spiro atoms. The summed E-state index contributed by atoms with van der Waals surface area (Å²) in [6, 6.07) is 0.883. The van der Waals surface area contributed by atoms with Crippen molar-refractivity contribution in [2.24, 2.45) is 0 Å². The van der Waals surface area contributed by atoms with Crippen molar-refractivity contribution in [3.63, 3.8) is 0 Å². The Morgan fingerprint density at radius 2 is 1.67 bits per heavy atom. The molecule has 0 bridgehead atoms. The first-order valence-corrected chi connectivity index (χ1v) is 5.13. The largest absolute Gasteiger partial charge is 0.249 e. The maximum atomic E-state index is 14.1. The fourth-order valence-corrected chi connectivity index (χ4v) is 1.72. The number of alkyl halides is 1. The van der Waals surface area contributed by atoms with E-state index in [0.29, 0.717) is 19.4 Å². The lowest BCUT2D eigenvalue weighted by atomic mass is 9.54. The van der Waals surface area contributed by atoms with Crippen LogP contribution in [0.15, 0.2) is 36.2 Å². The summed E-state index contributed by atoms with van der Waals surface area (Å²) in [6.07, 6.45) is 2.52. The predicted molar refractivity (Wildman–Crippen MR) is 58.5 cm³/mol. The third-order valence-electron chi connectivity index (χ3n) is 2.52. The summed E-state index contributed by atoms with van der Waals surface area (Å²) in [5, 5.41) is 0. The van der Waals surface area contributed by atoms with E-state index >= 15 is 0 Å². The highest BCUT2D eigenvalue weighted by atomic mass is 19.2. The molecule has 0 heterocycles. The first-order valence-electron chi connectivity index (χ1n) is 5.13. The molecule has 2 rings (SSSR count). The monoisotopic (exact) mass is 257 g/mol. The lowest BCUT2D eigenvalue weighted by Gasteiger charge is -2.22. The Morgan fingerprint density at radius 3 is 2.22 bits per heavy atom. The van der Waals surface area contributed by atoms with Gasteiger partial charge < -0.3 is 0 Å². The van der Waals surface area contributed by atoms with Gasteiger partial charge in [0.2, 0.25) is 7.28 Å². The summed E-state index contributed by atoms with van der Waals surface area (Å²) in [5.41, 5.74) is -3.03. The van der Waals surface area contributed by atoms with Crippen LogP contribution in [0.5, 0.6) is 0 Å². The molecule has 1 radical (unpaired) electrons. The van der Waals surface area contributed by atoms with Crippen molar-refractivity contribution in [1.29, 1.82) is 0 Å². The molecule has 6 heteroatoms. The standard InChI is InChI=1S/C12H7BF5/c14-7-2-1-3-12(18,6-7)13-11-9(16)4-8(15)5-10(11)17/h1-5H,6H2. The highest BCUT2D eigenvalue weighted by Crippen LogP contribution is 2.27. The third kappa shape index (κ3) is 2.63. The number of benzene rings is 1. The van der Waals surface area contributed by atoms with Gasteiger partial charge in [0.05, 0.1) is 0 Å². The molecule has 1 aromatic carbocycles. The molecule has 1 unspecified atom stereocenters. The predicted octanol–water partition coefficient (Wildman–Crippen LogP) is 2.91. The quantitative estimate of drug-likeness (QED) is 0.564. The Labute approximate surface area is 101 Å². The first-order chi connectivity index (χ1) is 8.39. The van der Waals surface area contributed by atoms with Crippen LogP contribution in [-0.2, 0) is 0 Å². The molecular weight excluding hydrogens is 250 g/mol. The van der Waals surface area contributed by atoms with Gasteiger partial charge in [-0.3, -0.25) is 0 Å². The Kier molecular flexibility index (Phi) is 3.28. The highest BCUT2D eigenvalue weighted by molar-refractivity contribution is 6.57. The van der Waals surface area contributed by atoms with Crippen LogP contribution in [0.4, 0.5) is 22.0 Å². The van der Waals surface area contributed by atoms with Crippen molar-refractivity contribution in [1.82, 2.24) is 0 Å². The van der Waals surface area contributed by atoms with Crippen LogP contribution in [0.1, 0.15) is 6.42 Å². The molecule has 0 fully saturated rings. The molecule has 1 aromatic rings. The molecule has 1 aliphatic rings. The summed E-state index contributed by atoms with van der Waals surface area (Å²) in [6.45, 7) is 0. The van der Waals surface area contributed by atoms with Gasteiger partial charge in [0, 0.05) is 18.6 Å². The van der Waals surface area contributed by atoms with E-state index in [4.69, 9.17) is 0 Å². The van der Waals surface area contributed by atoms with Crippen LogP contribution >= 0.6 is 0 Å². The van der Waals surface area contributed by atoms with E-state index in [9.17, 15) is 22.0 Å². The highest BCUT2D eigenvalue weighted by Gasteiger charge is 2.34. The van der Waals surface area contributed by atoms with E-state index in [-0.39, 0.29) is 0 Å². The van der Waals surface area contributed by atoms with Crippen molar-refractivity contribution >= 4 is 12.7 Å². The van der Waals surface area contributed by atoms with Gasteiger partial charge >= 0.3 is 0 Å². The SMILES string of the molecule is FC1=CC=CC(F)([B]c2c(F)cc(F)cc2F)C1. The van der Waals surface area contributed by atoms with Gasteiger partial charge in [-0.25, -0.2) is 22.0 Å². The van der Waals surface area contributed by atoms with Gasteiger partial charge in [0.1, 0.15) is 28.8 Å². The van der Waals surface area contributed by atoms with Gasteiger partial charge in [-0.05, 0) is 11.5 Å². The van der Waals surface area contributed by atoms with Gasteiger partial charge in [-0.15, -0.1) is 0 Å². The van der Waals surface area contributed by atoms with E-state index in [1.807, 2.05) is 0 Å². The minimum absolute atomic E-state index is 0.441. The molecule has 18 heavy (non-hydrogen) atoms. The van der Waals surface area contributed by atoms with Crippen molar-refractivity contribution in [3.05, 3.63) is 53.6 Å². The summed E-state index contributed by atoms with van der Waals surface area (Å²) >= 11 is 0. The molecule has 0 saturated carbocycles. The van der Waals surface area contributed by atoms with E-state index in [1.54, 1.807) is 0 Å². The zero-order valence-electron chi connectivity index (χ0n) is 9.06. The third-order valence-corrected chi connectivity index (χ3v) is 2.52. The average molecular weight is 257 g/mol. The average Bonchev–Trinajstić information content (AvgIpc) is 2.23. The molecular formula is C12H7BF5. The van der Waals surface area contributed by atoms with Crippen LogP contribution < -0.4 is 5.46 Å². The first kappa shape index (κ1) is 12.9. The van der Waals surface area contributed by atoms with Crippen LogP contribution in [0.25, 0.3) is 0 Å². The molecule has 0 N–H and O–H groups in total. The molecule has 0 aromatic heterocycles. The van der Waals surface area contributed by atoms with Crippen LogP contribution in [0.2, 0.25) is 0 Å². The Morgan fingerprint density at radius 1 is 1.06 bits per heavy atom. The summed E-state index contributed by atoms with van der Waals surface area (Å²) in [7, 11) is 0.611.